The van der Waals surface area contributed by atoms with E-state index in [2.05, 4.69) is 5.32 Å². The molecule has 2 aromatic rings. The molecule has 1 atom stereocenters. The van der Waals surface area contributed by atoms with Gasteiger partial charge in [0.2, 0.25) is 0 Å². The highest BCUT2D eigenvalue weighted by Crippen LogP contribution is 2.27. The number of nitrogens with zero attached hydrogens (tertiary/aromatic N) is 1. The Hall–Kier alpha value is -1.55. The van der Waals surface area contributed by atoms with E-state index in [1.165, 1.54) is 0 Å². The van der Waals surface area contributed by atoms with Crippen molar-refractivity contribution in [1.82, 2.24) is 5.32 Å². The van der Waals surface area contributed by atoms with Crippen LogP contribution in [0.4, 0.5) is 5.69 Å². The summed E-state index contributed by atoms with van der Waals surface area (Å²) in [7, 11) is 0. The van der Waals surface area contributed by atoms with E-state index in [0.717, 1.165) is 25.2 Å². The van der Waals surface area contributed by atoms with Gasteiger partial charge in [-0.2, -0.15) is 0 Å². The summed E-state index contributed by atoms with van der Waals surface area (Å²) in [5.74, 6) is -0.0958. The first-order valence-corrected chi connectivity index (χ1v) is 7.97. The zero-order valence-electron chi connectivity index (χ0n) is 11.9. The summed E-state index contributed by atoms with van der Waals surface area (Å²) in [5, 5.41) is 4.21. The average molecular weight is 335 g/mol. The molecule has 1 amide bonds. The fraction of sp³-hybridized carbons (Fsp3) is 0.235. The highest BCUT2D eigenvalue weighted by Gasteiger charge is 2.29. The normalized spacial score (nSPS) is 17.5. The van der Waals surface area contributed by atoms with Gasteiger partial charge in [0, 0.05) is 17.3 Å². The standard InChI is InChI=1S/C17H16Cl2N2O/c18-12-6-7-15(16(19)10-12)17(22)21(14-8-9-20-11-14)13-4-2-1-3-5-13/h1-7,10,14,20H,8-9,11H2. The van der Waals surface area contributed by atoms with E-state index in [-0.39, 0.29) is 11.9 Å². The van der Waals surface area contributed by atoms with Crippen LogP contribution >= 0.6 is 23.2 Å². The second-order valence-electron chi connectivity index (χ2n) is 5.28. The Kier molecular flexibility index (Phi) is 4.67. The average Bonchev–Trinajstić information content (AvgIpc) is 3.02. The van der Waals surface area contributed by atoms with E-state index in [0.29, 0.717) is 15.6 Å². The molecular weight excluding hydrogens is 319 g/mol. The molecule has 1 fully saturated rings. The number of halogens is 2. The molecule has 0 bridgehead atoms. The summed E-state index contributed by atoms with van der Waals surface area (Å²) < 4.78 is 0. The minimum Gasteiger partial charge on any atom is -0.315 e. The summed E-state index contributed by atoms with van der Waals surface area (Å²) in [4.78, 5) is 14.9. The molecular formula is C17H16Cl2N2O. The number of amides is 1. The lowest BCUT2D eigenvalue weighted by Crippen LogP contribution is -2.42. The first-order chi connectivity index (χ1) is 10.7. The smallest absolute Gasteiger partial charge is 0.260 e. The van der Waals surface area contributed by atoms with Crippen LogP contribution in [-0.2, 0) is 0 Å². The van der Waals surface area contributed by atoms with Crippen molar-refractivity contribution in [1.29, 1.82) is 0 Å². The number of nitrogens with one attached hydrogen (secondary N) is 1. The van der Waals surface area contributed by atoms with E-state index in [1.807, 2.05) is 35.2 Å². The molecule has 1 saturated heterocycles. The van der Waals surface area contributed by atoms with Gasteiger partial charge in [0.05, 0.1) is 16.6 Å². The molecule has 2 aromatic carbocycles. The van der Waals surface area contributed by atoms with Gasteiger partial charge in [-0.3, -0.25) is 4.79 Å². The third-order valence-electron chi connectivity index (χ3n) is 3.81. The Labute approximate surface area is 139 Å². The Morgan fingerprint density at radius 3 is 2.55 bits per heavy atom. The zero-order chi connectivity index (χ0) is 15.5. The van der Waals surface area contributed by atoms with Gasteiger partial charge >= 0.3 is 0 Å². The number of carbonyl (C=O) groups excluding carboxylic acids is 1. The lowest BCUT2D eigenvalue weighted by atomic mass is 10.1. The number of hydrogen-bond donors (Lipinski definition) is 1. The van der Waals surface area contributed by atoms with Crippen LogP contribution < -0.4 is 10.2 Å². The van der Waals surface area contributed by atoms with Gasteiger partial charge in [0.15, 0.2) is 0 Å². The van der Waals surface area contributed by atoms with E-state index < -0.39 is 0 Å². The zero-order valence-corrected chi connectivity index (χ0v) is 13.4. The van der Waals surface area contributed by atoms with Crippen LogP contribution in [0.25, 0.3) is 0 Å². The second-order valence-corrected chi connectivity index (χ2v) is 6.13. The fourth-order valence-corrected chi connectivity index (χ4v) is 3.22. The van der Waals surface area contributed by atoms with Gasteiger partial charge in [-0.05, 0) is 43.3 Å². The van der Waals surface area contributed by atoms with E-state index in [4.69, 9.17) is 23.2 Å². The molecule has 114 valence electrons. The third-order valence-corrected chi connectivity index (χ3v) is 4.36. The minimum absolute atomic E-state index is 0.0958. The molecule has 5 heteroatoms. The number of benzene rings is 2. The van der Waals surface area contributed by atoms with E-state index in [9.17, 15) is 4.79 Å². The largest absolute Gasteiger partial charge is 0.315 e. The highest BCUT2D eigenvalue weighted by atomic mass is 35.5. The summed E-state index contributed by atoms with van der Waals surface area (Å²) in [6.45, 7) is 1.70. The van der Waals surface area contributed by atoms with E-state index in [1.54, 1.807) is 18.2 Å². The fourth-order valence-electron chi connectivity index (χ4n) is 2.73. The molecule has 0 aliphatic carbocycles. The Bertz CT molecular complexity index is 670. The van der Waals surface area contributed by atoms with Crippen molar-refractivity contribution < 1.29 is 4.79 Å². The van der Waals surface area contributed by atoms with Crippen molar-refractivity contribution in [3.8, 4) is 0 Å². The predicted octanol–water partition coefficient (Wildman–Crippen LogP) is 4.00. The van der Waals surface area contributed by atoms with Gasteiger partial charge in [-0.15, -0.1) is 0 Å². The first kappa shape index (κ1) is 15.3. The van der Waals surface area contributed by atoms with Crippen LogP contribution in [0.1, 0.15) is 16.8 Å². The van der Waals surface area contributed by atoms with Crippen LogP contribution in [0.5, 0.6) is 0 Å². The van der Waals surface area contributed by atoms with Crippen LogP contribution in [0.15, 0.2) is 48.5 Å². The van der Waals surface area contributed by atoms with Gasteiger partial charge in [-0.25, -0.2) is 0 Å². The molecule has 3 rings (SSSR count). The maximum atomic E-state index is 13.0. The maximum absolute atomic E-state index is 13.0. The molecule has 1 N–H and O–H groups in total. The van der Waals surface area contributed by atoms with Crippen molar-refractivity contribution in [3.63, 3.8) is 0 Å². The lowest BCUT2D eigenvalue weighted by Gasteiger charge is -2.29. The molecule has 3 nitrogen and oxygen atoms in total. The van der Waals surface area contributed by atoms with Crippen molar-refractivity contribution in [2.45, 2.75) is 12.5 Å². The van der Waals surface area contributed by atoms with Crippen LogP contribution in [0.2, 0.25) is 10.0 Å². The molecule has 1 heterocycles. The molecule has 1 aliphatic rings. The summed E-state index contributed by atoms with van der Waals surface area (Å²) in [6, 6.07) is 14.8. The van der Waals surface area contributed by atoms with E-state index >= 15 is 0 Å². The molecule has 1 unspecified atom stereocenters. The molecule has 1 aliphatic heterocycles. The highest BCUT2D eigenvalue weighted by molar-refractivity contribution is 6.37. The summed E-state index contributed by atoms with van der Waals surface area (Å²) in [6.07, 6.45) is 0.922. The lowest BCUT2D eigenvalue weighted by molar-refractivity contribution is 0.0978. The van der Waals surface area contributed by atoms with Gasteiger partial charge in [0.25, 0.3) is 5.91 Å². The van der Waals surface area contributed by atoms with Gasteiger partial charge in [-0.1, -0.05) is 41.4 Å². The number of anilines is 1. The number of carbonyl (C=O) groups is 1. The molecule has 22 heavy (non-hydrogen) atoms. The van der Waals surface area contributed by atoms with Crippen LogP contribution in [-0.4, -0.2) is 25.0 Å². The first-order valence-electron chi connectivity index (χ1n) is 7.21. The predicted molar refractivity (Wildman–Crippen MR) is 91.0 cm³/mol. The SMILES string of the molecule is O=C(c1ccc(Cl)cc1Cl)N(c1ccccc1)C1CCNC1. The van der Waals surface area contributed by atoms with Crippen molar-refractivity contribution in [3.05, 3.63) is 64.1 Å². The van der Waals surface area contributed by atoms with Crippen molar-refractivity contribution in [2.24, 2.45) is 0 Å². The van der Waals surface area contributed by atoms with Crippen LogP contribution in [0.3, 0.4) is 0 Å². The minimum atomic E-state index is -0.0958. The Morgan fingerprint density at radius 2 is 1.91 bits per heavy atom. The maximum Gasteiger partial charge on any atom is 0.260 e. The number of hydrogen-bond acceptors (Lipinski definition) is 2. The number of para-hydroxylation sites is 1. The molecule has 0 radical (unpaired) electrons. The molecule has 0 aromatic heterocycles. The number of rotatable bonds is 3. The molecule has 0 spiro atoms. The van der Waals surface area contributed by atoms with Crippen molar-refractivity contribution in [2.75, 3.05) is 18.0 Å². The monoisotopic (exact) mass is 334 g/mol. The van der Waals surface area contributed by atoms with Gasteiger partial charge < -0.3 is 10.2 Å². The quantitative estimate of drug-likeness (QED) is 0.919. The third kappa shape index (κ3) is 3.12. The topological polar surface area (TPSA) is 32.3 Å². The van der Waals surface area contributed by atoms with Crippen LogP contribution in [0, 0.1) is 0 Å². The second kappa shape index (κ2) is 6.69. The van der Waals surface area contributed by atoms with Gasteiger partial charge in [0.1, 0.15) is 0 Å². The summed E-state index contributed by atoms with van der Waals surface area (Å²) >= 11 is 12.1. The Morgan fingerprint density at radius 1 is 1.14 bits per heavy atom. The Balaban J connectivity index is 1.99. The molecule has 0 saturated carbocycles. The van der Waals surface area contributed by atoms with Crippen molar-refractivity contribution >= 4 is 34.8 Å². The summed E-state index contributed by atoms with van der Waals surface area (Å²) in [5.41, 5.74) is 1.36.